The van der Waals surface area contributed by atoms with Gasteiger partial charge in [-0.1, -0.05) is 71.9 Å². The topological polar surface area (TPSA) is 74.2 Å². The summed E-state index contributed by atoms with van der Waals surface area (Å²) < 4.78 is 28.1. The first-order valence-corrected chi connectivity index (χ1v) is 27.5. The monoisotopic (exact) mass is 662 g/mol. The lowest BCUT2D eigenvalue weighted by atomic mass is 9.71. The van der Waals surface area contributed by atoms with Gasteiger partial charge in [-0.3, -0.25) is 4.79 Å². The van der Waals surface area contributed by atoms with Gasteiger partial charge in [-0.25, -0.2) is 0 Å². The van der Waals surface area contributed by atoms with Crippen molar-refractivity contribution in [1.82, 2.24) is 0 Å². The Morgan fingerprint density at radius 3 is 1.65 bits per heavy atom. The number of rotatable bonds is 14. The predicted octanol–water partition coefficient (Wildman–Crippen LogP) is 9.53. The van der Waals surface area contributed by atoms with Gasteiger partial charge in [-0.15, -0.1) is 0 Å². The van der Waals surface area contributed by atoms with Gasteiger partial charge in [0.2, 0.25) is 0 Å². The molecule has 0 saturated carbocycles. The first kappa shape index (κ1) is 37.6. The fourth-order valence-electron chi connectivity index (χ4n) is 5.64. The fraction of sp³-hybridized carbons (Fsp3) is 0.606. The molecule has 6 nitrogen and oxygen atoms in total. The normalized spacial score (nSPS) is 14.5. The number of ether oxygens (including phenoxy) is 1. The van der Waals surface area contributed by atoms with Crippen LogP contribution in [0.4, 0.5) is 0 Å². The Bertz CT molecular complexity index is 1190. The maximum absolute atomic E-state index is 13.6. The van der Waals surface area contributed by atoms with Gasteiger partial charge in [0.1, 0.15) is 11.5 Å². The maximum atomic E-state index is 13.6. The summed E-state index contributed by atoms with van der Waals surface area (Å²) in [5.41, 5.74) is 0.802. The van der Waals surface area contributed by atoms with Crippen LogP contribution in [0.3, 0.4) is 0 Å². The van der Waals surface area contributed by atoms with Crippen LogP contribution in [0, 0.1) is 5.41 Å². The average Bonchev–Trinajstić information content (AvgIpc) is 2.77. The van der Waals surface area contributed by atoms with Gasteiger partial charge in [0.05, 0.1) is 5.56 Å². The van der Waals surface area contributed by atoms with Crippen LogP contribution in [0.5, 0.6) is 11.5 Å². The molecular weight excluding hydrogens is 605 g/mol. The summed E-state index contributed by atoms with van der Waals surface area (Å²) in [4.78, 5) is 13.6. The summed E-state index contributed by atoms with van der Waals surface area (Å²) in [6, 6.07) is 12.5. The van der Waals surface area contributed by atoms with Crippen LogP contribution in [0.25, 0.3) is 0 Å². The molecule has 0 amide bonds. The first-order valence-electron chi connectivity index (χ1n) is 15.5. The zero-order valence-electron chi connectivity index (χ0n) is 29.5. The molecule has 10 heteroatoms. The minimum atomic E-state index is -3.43. The summed E-state index contributed by atoms with van der Waals surface area (Å²) >= 11 is 0. The number of hydrogen-bond donors (Lipinski definition) is 1. The quantitative estimate of drug-likeness (QED) is 0.160. The number of carbonyl (C=O) groups is 1. The first-order chi connectivity index (χ1) is 19.3. The molecule has 2 aromatic carbocycles. The van der Waals surface area contributed by atoms with Crippen LogP contribution in [0.1, 0.15) is 75.9 Å². The number of hydrogen-bond acceptors (Lipinski definition) is 6. The van der Waals surface area contributed by atoms with E-state index in [9.17, 15) is 9.90 Å². The van der Waals surface area contributed by atoms with Gasteiger partial charge in [0.25, 0.3) is 0 Å². The molecule has 43 heavy (non-hydrogen) atoms. The molecule has 0 saturated heterocycles. The molecule has 0 radical (unpaired) electrons. The Balaban J connectivity index is 2.84. The average molecular weight is 663 g/mol. The van der Waals surface area contributed by atoms with Gasteiger partial charge >= 0.3 is 8.80 Å². The Labute approximate surface area is 266 Å². The summed E-state index contributed by atoms with van der Waals surface area (Å²) in [6.45, 7) is 32.5. The van der Waals surface area contributed by atoms with E-state index in [0.717, 1.165) is 12.0 Å². The number of phenols is 1. The third-order valence-corrected chi connectivity index (χ3v) is 18.5. The van der Waals surface area contributed by atoms with Gasteiger partial charge in [0.15, 0.2) is 36.5 Å². The van der Waals surface area contributed by atoms with E-state index in [-0.39, 0.29) is 27.9 Å². The Morgan fingerprint density at radius 2 is 1.26 bits per heavy atom. The summed E-state index contributed by atoms with van der Waals surface area (Å²) in [6.07, 6.45) is 1.44. The predicted molar refractivity (Wildman–Crippen MR) is 189 cm³/mol. The maximum Gasteiger partial charge on any atom is 0.512 e. The van der Waals surface area contributed by atoms with Crippen molar-refractivity contribution in [3.05, 3.63) is 59.2 Å². The van der Waals surface area contributed by atoms with E-state index in [0.29, 0.717) is 17.7 Å². The Kier molecular flexibility index (Phi) is 11.8. The molecule has 0 aliphatic carbocycles. The summed E-state index contributed by atoms with van der Waals surface area (Å²) in [5.74, 6) is 0.210. The number of aromatic hydroxyl groups is 1. The lowest BCUT2D eigenvalue weighted by molar-refractivity contribution is 0.103. The van der Waals surface area contributed by atoms with Crippen molar-refractivity contribution < 1.29 is 27.0 Å². The van der Waals surface area contributed by atoms with Crippen LogP contribution in [0.15, 0.2) is 42.5 Å². The molecule has 2 aromatic rings. The third-order valence-electron chi connectivity index (χ3n) is 6.46. The van der Waals surface area contributed by atoms with E-state index >= 15 is 0 Å². The van der Waals surface area contributed by atoms with Crippen molar-refractivity contribution in [3.63, 3.8) is 0 Å². The van der Waals surface area contributed by atoms with E-state index in [4.69, 9.17) is 17.1 Å². The lowest BCUT2D eigenvalue weighted by Gasteiger charge is -2.46. The molecule has 1 N–H and O–H groups in total. The SMILES string of the molecule is CCC(Oc1cc(O)c(C(=O)c2ccccc2)cc1C(C)(C)CC(C)(C)C)[Si](O[Si](C)(C)C)(O[Si](C)(C)C)O[Si](C)(C)C. The van der Waals surface area contributed by atoms with Crippen LogP contribution in [-0.2, 0) is 17.8 Å². The molecule has 0 spiro atoms. The Morgan fingerprint density at radius 1 is 0.791 bits per heavy atom. The molecule has 2 rings (SSSR count). The van der Waals surface area contributed by atoms with Crippen LogP contribution < -0.4 is 4.74 Å². The minimum absolute atomic E-state index is 0.00770. The Hall–Kier alpha value is -1.54. The van der Waals surface area contributed by atoms with E-state index in [1.807, 2.05) is 24.3 Å². The second-order valence-corrected chi connectivity index (χ2v) is 33.4. The molecule has 242 valence electrons. The van der Waals surface area contributed by atoms with Crippen LogP contribution >= 0.6 is 0 Å². The highest BCUT2D eigenvalue weighted by molar-refractivity contribution is 6.90. The summed E-state index contributed by atoms with van der Waals surface area (Å²) in [7, 11) is -9.92. The fourth-order valence-corrected chi connectivity index (χ4v) is 19.9. The van der Waals surface area contributed by atoms with E-state index in [2.05, 4.69) is 100 Å². The number of carbonyl (C=O) groups excluding carboxylic acids is 1. The smallest absolute Gasteiger partial charge is 0.507 e. The van der Waals surface area contributed by atoms with Crippen molar-refractivity contribution in [2.45, 2.75) is 124 Å². The zero-order chi connectivity index (χ0) is 33.2. The van der Waals surface area contributed by atoms with Crippen molar-refractivity contribution in [1.29, 1.82) is 0 Å². The molecule has 0 heterocycles. The standard InChI is InChI=1S/C33H58O6Si4/c1-16-30(43(37-40(7,8)9,38-41(10,11)12)39-42(13,14)15)36-29-23-28(34)26(31(35)25-20-18-17-19-21-25)22-27(29)33(5,6)24-32(2,3)4/h17-23,30,34H,16,24H2,1-15H3. The van der Waals surface area contributed by atoms with Gasteiger partial charge in [-0.05, 0) is 88.7 Å². The second-order valence-electron chi connectivity index (χ2n) is 16.4. The highest BCUT2D eigenvalue weighted by Crippen LogP contribution is 2.44. The highest BCUT2D eigenvalue weighted by atomic mass is 28.5. The number of ketones is 1. The third kappa shape index (κ3) is 11.4. The highest BCUT2D eigenvalue weighted by Gasteiger charge is 2.57. The molecular formula is C33H58O6Si4. The van der Waals surface area contributed by atoms with Crippen molar-refractivity contribution in [2.75, 3.05) is 0 Å². The van der Waals surface area contributed by atoms with Crippen LogP contribution in [0.2, 0.25) is 58.9 Å². The molecule has 1 unspecified atom stereocenters. The molecule has 0 bridgehead atoms. The lowest BCUT2D eigenvalue weighted by Crippen LogP contribution is -2.68. The zero-order valence-corrected chi connectivity index (χ0v) is 33.5. The number of phenolic OH excluding ortho intramolecular Hbond substituents is 1. The van der Waals surface area contributed by atoms with Gasteiger partial charge < -0.3 is 22.2 Å². The van der Waals surface area contributed by atoms with Crippen LogP contribution in [-0.4, -0.2) is 50.4 Å². The van der Waals surface area contributed by atoms with Gasteiger partial charge in [0, 0.05) is 17.2 Å². The summed E-state index contributed by atoms with van der Waals surface area (Å²) in [5, 5.41) is 11.3. The van der Waals surface area contributed by atoms with Gasteiger partial charge in [-0.2, -0.15) is 0 Å². The molecule has 0 fully saturated rings. The van der Waals surface area contributed by atoms with E-state index in [1.54, 1.807) is 18.2 Å². The number of benzene rings is 2. The molecule has 0 aliphatic heterocycles. The van der Waals surface area contributed by atoms with Crippen molar-refractivity contribution >= 4 is 39.5 Å². The van der Waals surface area contributed by atoms with E-state index in [1.165, 1.54) is 0 Å². The molecule has 1 atom stereocenters. The van der Waals surface area contributed by atoms with E-state index < -0.39 is 39.5 Å². The van der Waals surface area contributed by atoms with Crippen molar-refractivity contribution in [2.24, 2.45) is 5.41 Å². The minimum Gasteiger partial charge on any atom is -0.507 e. The molecule has 0 aliphatic rings. The molecule has 0 aromatic heterocycles. The largest absolute Gasteiger partial charge is 0.512 e. The van der Waals surface area contributed by atoms with Crippen molar-refractivity contribution in [3.8, 4) is 11.5 Å². The second kappa shape index (κ2) is 13.4.